The van der Waals surface area contributed by atoms with Crippen LogP contribution in [0.2, 0.25) is 5.02 Å². The summed E-state index contributed by atoms with van der Waals surface area (Å²) in [7, 11) is 0. The number of carboxylic acid groups (broad SMARTS) is 1. The largest absolute Gasteiger partial charge is 0.476 e. The summed E-state index contributed by atoms with van der Waals surface area (Å²) < 4.78 is 0. The van der Waals surface area contributed by atoms with E-state index in [4.69, 9.17) is 16.7 Å². The summed E-state index contributed by atoms with van der Waals surface area (Å²) in [6.07, 6.45) is 0.945. The molecule has 0 bridgehead atoms. The molecule has 0 radical (unpaired) electrons. The molecule has 0 aliphatic rings. The molecule has 0 fully saturated rings. The number of pyridine rings is 1. The van der Waals surface area contributed by atoms with E-state index in [1.165, 1.54) is 6.07 Å². The number of halogens is 1. The number of nitrogens with zero attached hydrogens (tertiary/aromatic N) is 1. The average Bonchev–Trinajstić information content (AvgIpc) is 2.30. The standard InChI is InChI=1S/C11H16ClN3O2/c1-2-13-6-3-7-14-9-5-4-8(12)10(15-9)11(16)17/h4-5,13H,2-3,6-7H2,1H3,(H,14,15)(H,16,17). The van der Waals surface area contributed by atoms with Gasteiger partial charge in [-0.3, -0.25) is 0 Å². The second-order valence-electron chi connectivity index (χ2n) is 3.47. The van der Waals surface area contributed by atoms with E-state index >= 15 is 0 Å². The molecule has 0 spiro atoms. The third-order valence-electron chi connectivity index (χ3n) is 2.14. The normalized spacial score (nSPS) is 10.2. The van der Waals surface area contributed by atoms with Gasteiger partial charge in [-0.2, -0.15) is 0 Å². The number of carboxylic acids is 1. The Morgan fingerprint density at radius 2 is 2.24 bits per heavy atom. The van der Waals surface area contributed by atoms with E-state index in [2.05, 4.69) is 15.6 Å². The number of aromatic nitrogens is 1. The maximum Gasteiger partial charge on any atom is 0.356 e. The fourth-order valence-electron chi connectivity index (χ4n) is 1.30. The zero-order chi connectivity index (χ0) is 12.7. The Morgan fingerprint density at radius 3 is 2.88 bits per heavy atom. The van der Waals surface area contributed by atoms with Crippen molar-refractivity contribution in [2.45, 2.75) is 13.3 Å². The van der Waals surface area contributed by atoms with Gasteiger partial charge in [-0.1, -0.05) is 18.5 Å². The van der Waals surface area contributed by atoms with Crippen molar-refractivity contribution in [1.82, 2.24) is 10.3 Å². The molecule has 1 rings (SSSR count). The van der Waals surface area contributed by atoms with Gasteiger partial charge in [0.2, 0.25) is 0 Å². The first kappa shape index (κ1) is 13.7. The van der Waals surface area contributed by atoms with Crippen LogP contribution >= 0.6 is 11.6 Å². The Balaban J connectivity index is 2.49. The van der Waals surface area contributed by atoms with Gasteiger partial charge in [0.1, 0.15) is 5.82 Å². The minimum atomic E-state index is -1.12. The number of nitrogens with one attached hydrogen (secondary N) is 2. The van der Waals surface area contributed by atoms with Crippen molar-refractivity contribution in [1.29, 1.82) is 0 Å². The number of carbonyl (C=O) groups is 1. The van der Waals surface area contributed by atoms with Crippen LogP contribution in [0.25, 0.3) is 0 Å². The van der Waals surface area contributed by atoms with E-state index in [0.29, 0.717) is 5.82 Å². The molecule has 1 heterocycles. The van der Waals surface area contributed by atoms with Crippen molar-refractivity contribution in [3.05, 3.63) is 22.8 Å². The monoisotopic (exact) mass is 257 g/mol. The van der Waals surface area contributed by atoms with Gasteiger partial charge in [-0.05, 0) is 31.6 Å². The summed E-state index contributed by atoms with van der Waals surface area (Å²) in [6.45, 7) is 4.65. The SMILES string of the molecule is CCNCCCNc1ccc(Cl)c(C(=O)O)n1. The van der Waals surface area contributed by atoms with E-state index in [1.807, 2.05) is 6.92 Å². The van der Waals surface area contributed by atoms with Gasteiger partial charge < -0.3 is 15.7 Å². The molecular formula is C11H16ClN3O2. The fraction of sp³-hybridized carbons (Fsp3) is 0.455. The fourth-order valence-corrected chi connectivity index (χ4v) is 1.48. The number of anilines is 1. The Bertz CT molecular complexity index is 385. The molecule has 0 atom stereocenters. The summed E-state index contributed by atoms with van der Waals surface area (Å²) in [4.78, 5) is 14.7. The highest BCUT2D eigenvalue weighted by atomic mass is 35.5. The molecule has 0 aliphatic carbocycles. The first-order valence-electron chi connectivity index (χ1n) is 5.49. The number of hydrogen-bond acceptors (Lipinski definition) is 4. The predicted octanol–water partition coefficient (Wildman–Crippen LogP) is 1.84. The van der Waals surface area contributed by atoms with E-state index in [0.717, 1.165) is 26.1 Å². The van der Waals surface area contributed by atoms with Crippen LogP contribution in [0.1, 0.15) is 23.8 Å². The van der Waals surface area contributed by atoms with Gasteiger partial charge in [-0.15, -0.1) is 0 Å². The minimum Gasteiger partial charge on any atom is -0.476 e. The van der Waals surface area contributed by atoms with Gasteiger partial charge in [0, 0.05) is 6.54 Å². The molecule has 0 aliphatic heterocycles. The van der Waals surface area contributed by atoms with Crippen LogP contribution in [0.3, 0.4) is 0 Å². The number of hydrogen-bond donors (Lipinski definition) is 3. The van der Waals surface area contributed by atoms with E-state index in [9.17, 15) is 4.79 Å². The Labute approximate surface area is 105 Å². The highest BCUT2D eigenvalue weighted by Crippen LogP contribution is 2.16. The average molecular weight is 258 g/mol. The zero-order valence-electron chi connectivity index (χ0n) is 9.66. The first-order chi connectivity index (χ1) is 8.15. The summed E-state index contributed by atoms with van der Waals surface area (Å²) in [6, 6.07) is 3.20. The molecule has 17 heavy (non-hydrogen) atoms. The van der Waals surface area contributed by atoms with E-state index in [1.54, 1.807) is 6.07 Å². The van der Waals surface area contributed by atoms with Crippen molar-refractivity contribution in [2.24, 2.45) is 0 Å². The Hall–Kier alpha value is -1.33. The Morgan fingerprint density at radius 1 is 1.47 bits per heavy atom. The maximum atomic E-state index is 10.8. The van der Waals surface area contributed by atoms with Gasteiger partial charge in [0.05, 0.1) is 5.02 Å². The van der Waals surface area contributed by atoms with Crippen LogP contribution in [0.5, 0.6) is 0 Å². The molecule has 5 nitrogen and oxygen atoms in total. The van der Waals surface area contributed by atoms with Crippen LogP contribution in [-0.4, -0.2) is 35.7 Å². The highest BCUT2D eigenvalue weighted by Gasteiger charge is 2.10. The van der Waals surface area contributed by atoms with E-state index in [-0.39, 0.29) is 10.7 Å². The lowest BCUT2D eigenvalue weighted by atomic mass is 10.3. The second kappa shape index (κ2) is 7.09. The summed E-state index contributed by atoms with van der Waals surface area (Å²) in [5.74, 6) is -0.588. The molecule has 1 aromatic rings. The van der Waals surface area contributed by atoms with Gasteiger partial charge in [-0.25, -0.2) is 9.78 Å². The van der Waals surface area contributed by atoms with Crippen molar-refractivity contribution in [3.63, 3.8) is 0 Å². The number of aromatic carboxylic acids is 1. The molecule has 0 saturated heterocycles. The summed E-state index contributed by atoms with van der Waals surface area (Å²) in [5, 5.41) is 15.2. The second-order valence-corrected chi connectivity index (χ2v) is 3.87. The first-order valence-corrected chi connectivity index (χ1v) is 5.87. The number of rotatable bonds is 7. The molecule has 6 heteroatoms. The lowest BCUT2D eigenvalue weighted by Gasteiger charge is -2.07. The predicted molar refractivity (Wildman–Crippen MR) is 67.9 cm³/mol. The molecule has 0 amide bonds. The minimum absolute atomic E-state index is 0.122. The van der Waals surface area contributed by atoms with E-state index < -0.39 is 5.97 Å². The third kappa shape index (κ3) is 4.58. The van der Waals surface area contributed by atoms with Gasteiger partial charge in [0.25, 0.3) is 0 Å². The quantitative estimate of drug-likeness (QED) is 0.650. The maximum absolute atomic E-state index is 10.8. The van der Waals surface area contributed by atoms with Crippen molar-refractivity contribution in [2.75, 3.05) is 25.0 Å². The smallest absolute Gasteiger partial charge is 0.356 e. The van der Waals surface area contributed by atoms with Crippen LogP contribution in [-0.2, 0) is 0 Å². The van der Waals surface area contributed by atoms with Gasteiger partial charge >= 0.3 is 5.97 Å². The molecule has 3 N–H and O–H groups in total. The molecule has 0 saturated carbocycles. The third-order valence-corrected chi connectivity index (χ3v) is 2.44. The molecular weight excluding hydrogens is 242 g/mol. The Kier molecular flexibility index (Phi) is 5.72. The van der Waals surface area contributed by atoms with Crippen molar-refractivity contribution in [3.8, 4) is 0 Å². The molecule has 0 aromatic carbocycles. The van der Waals surface area contributed by atoms with Crippen LogP contribution in [0, 0.1) is 0 Å². The van der Waals surface area contributed by atoms with Gasteiger partial charge in [0.15, 0.2) is 5.69 Å². The highest BCUT2D eigenvalue weighted by molar-refractivity contribution is 6.33. The topological polar surface area (TPSA) is 74.2 Å². The lowest BCUT2D eigenvalue weighted by Crippen LogP contribution is -2.17. The van der Waals surface area contributed by atoms with Crippen molar-refractivity contribution >= 4 is 23.4 Å². The molecule has 1 aromatic heterocycles. The molecule has 0 unspecified atom stereocenters. The van der Waals surface area contributed by atoms with Crippen LogP contribution in [0.4, 0.5) is 5.82 Å². The van der Waals surface area contributed by atoms with Crippen LogP contribution < -0.4 is 10.6 Å². The zero-order valence-corrected chi connectivity index (χ0v) is 10.4. The molecule has 94 valence electrons. The lowest BCUT2D eigenvalue weighted by molar-refractivity contribution is 0.0691. The summed E-state index contributed by atoms with van der Waals surface area (Å²) >= 11 is 5.71. The van der Waals surface area contributed by atoms with Crippen molar-refractivity contribution < 1.29 is 9.90 Å². The summed E-state index contributed by atoms with van der Waals surface area (Å²) in [5.41, 5.74) is -0.122. The van der Waals surface area contributed by atoms with Crippen LogP contribution in [0.15, 0.2) is 12.1 Å².